The van der Waals surface area contributed by atoms with Crippen LogP contribution in [0, 0.1) is 6.92 Å². The highest BCUT2D eigenvalue weighted by molar-refractivity contribution is 6.06. The summed E-state index contributed by atoms with van der Waals surface area (Å²) in [6.07, 6.45) is 0. The number of hydrogen-bond donors (Lipinski definition) is 3. The minimum atomic E-state index is -0.312. The van der Waals surface area contributed by atoms with Gasteiger partial charge in [0.05, 0.1) is 24.6 Å². The average molecular weight is 246 g/mol. The maximum Gasteiger partial charge on any atom is 0.228 e. The summed E-state index contributed by atoms with van der Waals surface area (Å²) in [6, 6.07) is 7.13. The van der Waals surface area contributed by atoms with E-state index in [0.29, 0.717) is 17.0 Å². The summed E-state index contributed by atoms with van der Waals surface area (Å²) in [4.78, 5) is 18.8. The number of imidazole rings is 1. The summed E-state index contributed by atoms with van der Waals surface area (Å²) >= 11 is 0. The van der Waals surface area contributed by atoms with Gasteiger partial charge in [-0.05, 0) is 6.92 Å². The number of rotatable bonds is 4. The van der Waals surface area contributed by atoms with Crippen molar-refractivity contribution in [1.29, 1.82) is 0 Å². The molecule has 1 aromatic carbocycles. The second-order valence-electron chi connectivity index (χ2n) is 4.02. The van der Waals surface area contributed by atoms with E-state index in [-0.39, 0.29) is 24.8 Å². The Labute approximate surface area is 104 Å². The van der Waals surface area contributed by atoms with Crippen LogP contribution in [0.25, 0.3) is 0 Å². The zero-order valence-corrected chi connectivity index (χ0v) is 9.97. The molecule has 0 unspecified atom stereocenters. The topological polar surface area (TPSA) is 86.2 Å². The Balaban J connectivity index is 2.33. The Morgan fingerprint density at radius 2 is 1.89 bits per heavy atom. The lowest BCUT2D eigenvalue weighted by atomic mass is 10.1. The van der Waals surface area contributed by atoms with Gasteiger partial charge in [-0.3, -0.25) is 4.79 Å². The second kappa shape index (κ2) is 5.12. The third-order valence-corrected chi connectivity index (χ3v) is 2.70. The van der Waals surface area contributed by atoms with Gasteiger partial charge in [0.15, 0.2) is 5.82 Å². The summed E-state index contributed by atoms with van der Waals surface area (Å²) in [5.74, 6) is -0.128. The lowest BCUT2D eigenvalue weighted by Crippen LogP contribution is -2.04. The number of H-pyrrole nitrogens is 1. The van der Waals surface area contributed by atoms with Crippen LogP contribution in [0.4, 0.5) is 0 Å². The summed E-state index contributed by atoms with van der Waals surface area (Å²) in [5, 5.41) is 18.1. The summed E-state index contributed by atoms with van der Waals surface area (Å²) in [7, 11) is 0. The van der Waals surface area contributed by atoms with Gasteiger partial charge in [0.25, 0.3) is 0 Å². The molecule has 0 radical (unpaired) electrons. The molecule has 0 aliphatic carbocycles. The molecule has 0 aliphatic rings. The van der Waals surface area contributed by atoms with Gasteiger partial charge in [-0.2, -0.15) is 0 Å². The molecular weight excluding hydrogens is 232 g/mol. The Hall–Kier alpha value is -1.98. The molecule has 1 aromatic heterocycles. The number of aliphatic hydroxyl groups excluding tert-OH is 2. The molecule has 2 rings (SSSR count). The summed E-state index contributed by atoms with van der Waals surface area (Å²) < 4.78 is 0. The van der Waals surface area contributed by atoms with Crippen LogP contribution in [-0.2, 0) is 13.2 Å². The number of aromatic amines is 1. The van der Waals surface area contributed by atoms with E-state index in [4.69, 9.17) is 10.2 Å². The predicted molar refractivity (Wildman–Crippen MR) is 65.0 cm³/mol. The second-order valence-corrected chi connectivity index (χ2v) is 4.02. The van der Waals surface area contributed by atoms with Crippen molar-refractivity contribution in [2.45, 2.75) is 20.1 Å². The number of ketones is 1. The fourth-order valence-corrected chi connectivity index (χ4v) is 1.66. The van der Waals surface area contributed by atoms with Gasteiger partial charge in [-0.1, -0.05) is 29.8 Å². The number of nitrogens with one attached hydrogen (secondary N) is 1. The van der Waals surface area contributed by atoms with Crippen molar-refractivity contribution in [3.63, 3.8) is 0 Å². The largest absolute Gasteiger partial charge is 0.390 e. The standard InChI is InChI=1S/C13H14N2O3/c1-8-2-4-9(5-3-8)12(18)13-14-10(6-16)11(7-17)15-13/h2-5,16-17H,6-7H2,1H3,(H,14,15). The van der Waals surface area contributed by atoms with Crippen LogP contribution in [0.15, 0.2) is 24.3 Å². The number of aromatic nitrogens is 2. The van der Waals surface area contributed by atoms with Crippen molar-refractivity contribution in [1.82, 2.24) is 9.97 Å². The summed E-state index contributed by atoms with van der Waals surface area (Å²) in [5.41, 5.74) is 2.25. The van der Waals surface area contributed by atoms with E-state index >= 15 is 0 Å². The fourth-order valence-electron chi connectivity index (χ4n) is 1.66. The number of carbonyl (C=O) groups excluding carboxylic acids is 1. The molecule has 0 amide bonds. The van der Waals surface area contributed by atoms with E-state index in [1.807, 2.05) is 19.1 Å². The Morgan fingerprint density at radius 1 is 1.22 bits per heavy atom. The first-order valence-corrected chi connectivity index (χ1v) is 5.56. The van der Waals surface area contributed by atoms with Crippen molar-refractivity contribution in [3.05, 3.63) is 52.6 Å². The van der Waals surface area contributed by atoms with Crippen LogP contribution < -0.4 is 0 Å². The quantitative estimate of drug-likeness (QED) is 0.700. The average Bonchev–Trinajstić information content (AvgIpc) is 2.82. The predicted octanol–water partition coefficient (Wildman–Crippen LogP) is 0.934. The number of aliphatic hydroxyl groups is 2. The normalized spacial score (nSPS) is 10.6. The van der Waals surface area contributed by atoms with Crippen LogP contribution in [0.3, 0.4) is 0 Å². The first-order valence-electron chi connectivity index (χ1n) is 5.56. The Kier molecular flexibility index (Phi) is 3.55. The van der Waals surface area contributed by atoms with Gasteiger partial charge in [0, 0.05) is 5.56 Å². The van der Waals surface area contributed by atoms with Gasteiger partial charge in [0.2, 0.25) is 5.78 Å². The van der Waals surface area contributed by atoms with Gasteiger partial charge < -0.3 is 15.2 Å². The van der Waals surface area contributed by atoms with Gasteiger partial charge in [-0.15, -0.1) is 0 Å². The molecule has 5 heteroatoms. The van der Waals surface area contributed by atoms with E-state index in [0.717, 1.165) is 5.56 Å². The molecule has 3 N–H and O–H groups in total. The van der Waals surface area contributed by atoms with Crippen molar-refractivity contribution in [3.8, 4) is 0 Å². The molecule has 2 aromatic rings. The van der Waals surface area contributed by atoms with E-state index in [9.17, 15) is 4.79 Å². The smallest absolute Gasteiger partial charge is 0.228 e. The van der Waals surface area contributed by atoms with Gasteiger partial charge in [0.1, 0.15) is 0 Å². The monoisotopic (exact) mass is 246 g/mol. The fraction of sp³-hybridized carbons (Fsp3) is 0.231. The Morgan fingerprint density at radius 3 is 2.39 bits per heavy atom. The van der Waals surface area contributed by atoms with Gasteiger partial charge in [-0.25, -0.2) is 4.98 Å². The number of benzene rings is 1. The van der Waals surface area contributed by atoms with Crippen molar-refractivity contribution >= 4 is 5.78 Å². The minimum absolute atomic E-state index is 0.131. The van der Waals surface area contributed by atoms with Crippen molar-refractivity contribution in [2.24, 2.45) is 0 Å². The van der Waals surface area contributed by atoms with E-state index in [1.165, 1.54) is 0 Å². The van der Waals surface area contributed by atoms with E-state index < -0.39 is 0 Å². The van der Waals surface area contributed by atoms with Crippen LogP contribution >= 0.6 is 0 Å². The molecule has 94 valence electrons. The number of carbonyl (C=O) groups is 1. The van der Waals surface area contributed by atoms with Gasteiger partial charge >= 0.3 is 0 Å². The molecule has 0 spiro atoms. The first-order chi connectivity index (χ1) is 8.65. The zero-order chi connectivity index (χ0) is 13.1. The van der Waals surface area contributed by atoms with Crippen LogP contribution in [0.2, 0.25) is 0 Å². The highest BCUT2D eigenvalue weighted by atomic mass is 16.3. The van der Waals surface area contributed by atoms with E-state index in [1.54, 1.807) is 12.1 Å². The van der Waals surface area contributed by atoms with Crippen LogP contribution in [-0.4, -0.2) is 26.0 Å². The molecule has 0 saturated heterocycles. The lowest BCUT2D eigenvalue weighted by Gasteiger charge is -1.98. The first kappa shape index (κ1) is 12.5. The molecule has 0 bridgehead atoms. The molecule has 0 fully saturated rings. The SMILES string of the molecule is Cc1ccc(C(=O)c2nc(CO)c(CO)[nH]2)cc1. The highest BCUT2D eigenvalue weighted by Crippen LogP contribution is 2.12. The molecule has 0 atom stereocenters. The molecule has 0 saturated carbocycles. The van der Waals surface area contributed by atoms with Crippen molar-refractivity contribution < 1.29 is 15.0 Å². The number of nitrogens with zero attached hydrogens (tertiary/aromatic N) is 1. The maximum atomic E-state index is 12.1. The van der Waals surface area contributed by atoms with Crippen LogP contribution in [0.1, 0.15) is 33.1 Å². The van der Waals surface area contributed by atoms with E-state index in [2.05, 4.69) is 9.97 Å². The lowest BCUT2D eigenvalue weighted by molar-refractivity contribution is 0.103. The molecule has 1 heterocycles. The molecule has 0 aliphatic heterocycles. The van der Waals surface area contributed by atoms with Crippen molar-refractivity contribution in [2.75, 3.05) is 0 Å². The van der Waals surface area contributed by atoms with Crippen LogP contribution in [0.5, 0.6) is 0 Å². The molecule has 18 heavy (non-hydrogen) atoms. The number of aryl methyl sites for hydroxylation is 1. The zero-order valence-electron chi connectivity index (χ0n) is 9.97. The summed E-state index contributed by atoms with van der Waals surface area (Å²) in [6.45, 7) is 1.34. The highest BCUT2D eigenvalue weighted by Gasteiger charge is 2.16. The third kappa shape index (κ3) is 2.32. The third-order valence-electron chi connectivity index (χ3n) is 2.70. The molecular formula is C13H14N2O3. The maximum absolute atomic E-state index is 12.1. The number of hydrogen-bond acceptors (Lipinski definition) is 4. The minimum Gasteiger partial charge on any atom is -0.390 e. The Bertz CT molecular complexity index is 537. The molecule has 5 nitrogen and oxygen atoms in total.